The van der Waals surface area contributed by atoms with Gasteiger partial charge in [-0.2, -0.15) is 0 Å². The molecule has 1 aliphatic heterocycles. The summed E-state index contributed by atoms with van der Waals surface area (Å²) in [5.41, 5.74) is 0.606. The van der Waals surface area contributed by atoms with E-state index in [2.05, 4.69) is 31.0 Å². The Morgan fingerprint density at radius 2 is 1.83 bits per heavy atom. The van der Waals surface area contributed by atoms with Crippen LogP contribution in [-0.4, -0.2) is 37.1 Å². The van der Waals surface area contributed by atoms with Crippen LogP contribution in [0.5, 0.6) is 0 Å². The van der Waals surface area contributed by atoms with E-state index in [1.165, 1.54) is 12.8 Å². The van der Waals surface area contributed by atoms with E-state index in [0.717, 1.165) is 44.3 Å². The van der Waals surface area contributed by atoms with Crippen molar-refractivity contribution in [1.29, 1.82) is 0 Å². The molecular formula is C20H29NO2. The fraction of sp³-hybridized carbons (Fsp3) is 0.650. The standard InChI is InChI=1S/C20H29NO2/c1-20(17-11-6-7-12-17,16-9-4-3-5-10-16)19(22)23-18-13-8-14-21(2)15-18/h3-5,9-10,17-18H,6-8,11-15H2,1-2H3/t18-,20+/m0/s1. The number of carbonyl (C=O) groups excluding carboxylic acids is 1. The number of carbonyl (C=O) groups is 1. The third-order valence-corrected chi connectivity index (χ3v) is 5.82. The number of rotatable bonds is 4. The zero-order valence-corrected chi connectivity index (χ0v) is 14.5. The molecular weight excluding hydrogens is 286 g/mol. The third kappa shape index (κ3) is 3.45. The van der Waals surface area contributed by atoms with Crippen molar-refractivity contribution in [2.75, 3.05) is 20.1 Å². The molecule has 0 bridgehead atoms. The molecule has 1 heterocycles. The second-order valence-corrected chi connectivity index (χ2v) is 7.48. The van der Waals surface area contributed by atoms with Gasteiger partial charge < -0.3 is 9.64 Å². The summed E-state index contributed by atoms with van der Waals surface area (Å²) in [5, 5.41) is 0. The highest BCUT2D eigenvalue weighted by Crippen LogP contribution is 2.43. The predicted molar refractivity (Wildman–Crippen MR) is 92.4 cm³/mol. The monoisotopic (exact) mass is 315 g/mol. The van der Waals surface area contributed by atoms with Gasteiger partial charge in [0, 0.05) is 6.54 Å². The lowest BCUT2D eigenvalue weighted by atomic mass is 9.71. The molecule has 2 fully saturated rings. The molecule has 0 amide bonds. The molecule has 2 atom stereocenters. The van der Waals surface area contributed by atoms with E-state index in [9.17, 15) is 4.79 Å². The van der Waals surface area contributed by atoms with Crippen LogP contribution >= 0.6 is 0 Å². The number of benzene rings is 1. The first-order valence-corrected chi connectivity index (χ1v) is 9.06. The molecule has 1 aliphatic carbocycles. The second-order valence-electron chi connectivity index (χ2n) is 7.48. The average molecular weight is 315 g/mol. The number of hydrogen-bond donors (Lipinski definition) is 0. The first-order valence-electron chi connectivity index (χ1n) is 9.06. The molecule has 126 valence electrons. The zero-order chi connectivity index (χ0) is 16.3. The van der Waals surface area contributed by atoms with E-state index < -0.39 is 5.41 Å². The highest BCUT2D eigenvalue weighted by molar-refractivity contribution is 5.83. The molecule has 1 aromatic carbocycles. The Morgan fingerprint density at radius 3 is 2.48 bits per heavy atom. The average Bonchev–Trinajstić information content (AvgIpc) is 3.10. The van der Waals surface area contributed by atoms with Crippen molar-refractivity contribution in [3.8, 4) is 0 Å². The van der Waals surface area contributed by atoms with Crippen LogP contribution in [0, 0.1) is 5.92 Å². The molecule has 0 radical (unpaired) electrons. The minimum atomic E-state index is -0.506. The van der Waals surface area contributed by atoms with Gasteiger partial charge in [-0.25, -0.2) is 0 Å². The Bertz CT molecular complexity index is 524. The van der Waals surface area contributed by atoms with Crippen molar-refractivity contribution in [2.45, 2.75) is 57.0 Å². The highest BCUT2D eigenvalue weighted by atomic mass is 16.5. The molecule has 1 saturated heterocycles. The number of piperidine rings is 1. The van der Waals surface area contributed by atoms with Crippen LogP contribution in [0.2, 0.25) is 0 Å². The number of hydrogen-bond acceptors (Lipinski definition) is 3. The van der Waals surface area contributed by atoms with Crippen LogP contribution in [0.25, 0.3) is 0 Å². The largest absolute Gasteiger partial charge is 0.460 e. The minimum Gasteiger partial charge on any atom is -0.460 e. The van der Waals surface area contributed by atoms with E-state index in [4.69, 9.17) is 4.74 Å². The summed E-state index contributed by atoms with van der Waals surface area (Å²) in [7, 11) is 2.10. The van der Waals surface area contributed by atoms with Crippen molar-refractivity contribution >= 4 is 5.97 Å². The molecule has 1 saturated carbocycles. The minimum absolute atomic E-state index is 0.0177. The third-order valence-electron chi connectivity index (χ3n) is 5.82. The van der Waals surface area contributed by atoms with E-state index >= 15 is 0 Å². The maximum atomic E-state index is 13.2. The van der Waals surface area contributed by atoms with Crippen molar-refractivity contribution in [2.24, 2.45) is 5.92 Å². The molecule has 0 N–H and O–H groups in total. The number of likely N-dealkylation sites (tertiary alicyclic amines) is 1. The topological polar surface area (TPSA) is 29.5 Å². The normalized spacial score (nSPS) is 25.9. The highest BCUT2D eigenvalue weighted by Gasteiger charge is 2.46. The summed E-state index contributed by atoms with van der Waals surface area (Å²) >= 11 is 0. The van der Waals surface area contributed by atoms with E-state index in [0.29, 0.717) is 5.92 Å². The van der Waals surface area contributed by atoms with Gasteiger partial charge >= 0.3 is 5.97 Å². The molecule has 0 unspecified atom stereocenters. The zero-order valence-electron chi connectivity index (χ0n) is 14.5. The quantitative estimate of drug-likeness (QED) is 0.792. The number of nitrogens with zero attached hydrogens (tertiary/aromatic N) is 1. The fourth-order valence-corrected chi connectivity index (χ4v) is 4.30. The summed E-state index contributed by atoms with van der Waals surface area (Å²) < 4.78 is 6.01. The van der Waals surface area contributed by atoms with Gasteiger partial charge in [-0.3, -0.25) is 4.79 Å². The van der Waals surface area contributed by atoms with Crippen LogP contribution in [0.15, 0.2) is 30.3 Å². The Morgan fingerprint density at radius 1 is 1.13 bits per heavy atom. The maximum Gasteiger partial charge on any atom is 0.316 e. The summed E-state index contributed by atoms with van der Waals surface area (Å²) in [5.74, 6) is 0.384. The predicted octanol–water partition coefficient (Wildman–Crippen LogP) is 3.77. The molecule has 2 aliphatic rings. The van der Waals surface area contributed by atoms with Gasteiger partial charge in [-0.15, -0.1) is 0 Å². The van der Waals surface area contributed by atoms with Gasteiger partial charge in [0.1, 0.15) is 6.10 Å². The Kier molecular flexibility index (Phi) is 5.05. The first-order chi connectivity index (χ1) is 11.1. The van der Waals surface area contributed by atoms with Gasteiger partial charge in [0.25, 0.3) is 0 Å². The van der Waals surface area contributed by atoms with Crippen LogP contribution in [0.4, 0.5) is 0 Å². The fourth-order valence-electron chi connectivity index (χ4n) is 4.30. The van der Waals surface area contributed by atoms with Gasteiger partial charge in [0.05, 0.1) is 5.41 Å². The van der Waals surface area contributed by atoms with Gasteiger partial charge in [-0.1, -0.05) is 43.2 Å². The lowest BCUT2D eigenvalue weighted by Gasteiger charge is -2.37. The van der Waals surface area contributed by atoms with Crippen LogP contribution < -0.4 is 0 Å². The molecule has 23 heavy (non-hydrogen) atoms. The Hall–Kier alpha value is -1.35. The summed E-state index contributed by atoms with van der Waals surface area (Å²) in [6.45, 7) is 4.07. The van der Waals surface area contributed by atoms with E-state index in [1.807, 2.05) is 18.2 Å². The Balaban J connectivity index is 1.81. The number of likely N-dealkylation sites (N-methyl/N-ethyl adjacent to an activating group) is 1. The van der Waals surface area contributed by atoms with E-state index in [-0.39, 0.29) is 12.1 Å². The summed E-state index contributed by atoms with van der Waals surface area (Å²) in [6.07, 6.45) is 6.87. The Labute approximate surface area is 140 Å². The van der Waals surface area contributed by atoms with Crippen LogP contribution in [-0.2, 0) is 14.9 Å². The van der Waals surface area contributed by atoms with Crippen molar-refractivity contribution in [1.82, 2.24) is 4.90 Å². The summed E-state index contributed by atoms with van der Waals surface area (Å²) in [6, 6.07) is 10.3. The van der Waals surface area contributed by atoms with Gasteiger partial charge in [0.2, 0.25) is 0 Å². The number of esters is 1. The smallest absolute Gasteiger partial charge is 0.316 e. The SMILES string of the molecule is CN1CCC[C@H](OC(=O)[C@](C)(c2ccccc2)C2CCCC2)C1. The molecule has 3 nitrogen and oxygen atoms in total. The van der Waals surface area contributed by atoms with E-state index in [1.54, 1.807) is 0 Å². The molecule has 1 aromatic rings. The second kappa shape index (κ2) is 7.04. The van der Waals surface area contributed by atoms with Crippen molar-refractivity contribution < 1.29 is 9.53 Å². The van der Waals surface area contributed by atoms with Crippen molar-refractivity contribution in [3.63, 3.8) is 0 Å². The van der Waals surface area contributed by atoms with Gasteiger partial charge in [0.15, 0.2) is 0 Å². The summed E-state index contributed by atoms with van der Waals surface area (Å²) in [4.78, 5) is 15.4. The first kappa shape index (κ1) is 16.5. The van der Waals surface area contributed by atoms with Crippen LogP contribution in [0.1, 0.15) is 51.0 Å². The van der Waals surface area contributed by atoms with Crippen LogP contribution in [0.3, 0.4) is 0 Å². The van der Waals surface area contributed by atoms with Crippen molar-refractivity contribution in [3.05, 3.63) is 35.9 Å². The molecule has 0 aromatic heterocycles. The molecule has 0 spiro atoms. The maximum absolute atomic E-state index is 13.2. The lowest BCUT2D eigenvalue weighted by molar-refractivity contribution is -0.160. The lowest BCUT2D eigenvalue weighted by Crippen LogP contribution is -2.45. The van der Waals surface area contributed by atoms with Gasteiger partial charge in [-0.05, 0) is 57.7 Å². The molecule has 3 rings (SSSR count). The molecule has 3 heteroatoms. The number of ether oxygens (including phenoxy) is 1.